The topological polar surface area (TPSA) is 48.1 Å². The Balaban J connectivity index is 1.29. The summed E-state index contributed by atoms with van der Waals surface area (Å²) in [7, 11) is 0. The van der Waals surface area contributed by atoms with Crippen LogP contribution < -0.4 is 15.2 Å². The Kier molecular flexibility index (Phi) is 8.76. The lowest BCUT2D eigenvalue weighted by Crippen LogP contribution is -2.46. The van der Waals surface area contributed by atoms with Crippen molar-refractivity contribution < 1.29 is 31.5 Å². The van der Waals surface area contributed by atoms with Crippen LogP contribution in [0.15, 0.2) is 54.2 Å². The fourth-order valence-electron chi connectivity index (χ4n) is 6.81. The number of benzene rings is 2. The average molecular weight is 621 g/mol. The van der Waals surface area contributed by atoms with Crippen LogP contribution in [0.2, 0.25) is 0 Å². The monoisotopic (exact) mass is 620 g/mol. The summed E-state index contributed by atoms with van der Waals surface area (Å²) in [6.45, 7) is 13.3. The molecule has 0 bridgehead atoms. The Labute approximate surface area is 255 Å². The summed E-state index contributed by atoms with van der Waals surface area (Å²) < 4.78 is 70.6. The van der Waals surface area contributed by atoms with Crippen molar-refractivity contribution in [2.24, 2.45) is 17.3 Å². The molecule has 6 nitrogen and oxygen atoms in total. The number of hydrogen-bond donors (Lipinski definition) is 1. The summed E-state index contributed by atoms with van der Waals surface area (Å²) in [5.74, 6) is -2.25. The predicted octanol–water partition coefficient (Wildman–Crippen LogP) is 6.85. The number of alkyl halides is 3. The van der Waals surface area contributed by atoms with E-state index < -0.39 is 23.9 Å². The van der Waals surface area contributed by atoms with E-state index in [0.717, 1.165) is 18.3 Å². The van der Waals surface area contributed by atoms with Crippen molar-refractivity contribution >= 4 is 11.6 Å². The Morgan fingerprint density at radius 3 is 2.25 bits per heavy atom. The van der Waals surface area contributed by atoms with E-state index in [4.69, 9.17) is 0 Å². The number of piperidine rings is 1. The first kappa shape index (κ1) is 32.2. The van der Waals surface area contributed by atoms with Crippen molar-refractivity contribution in [3.05, 3.63) is 71.4 Å². The van der Waals surface area contributed by atoms with Gasteiger partial charge < -0.3 is 14.5 Å². The molecule has 1 N–H and O–H groups in total. The maximum absolute atomic E-state index is 14.9. The molecule has 0 aliphatic carbocycles. The summed E-state index contributed by atoms with van der Waals surface area (Å²) >= 11 is 0. The van der Waals surface area contributed by atoms with Crippen LogP contribution in [0, 0.1) is 28.9 Å². The molecule has 2 aromatic rings. The molecule has 0 radical (unpaired) electrons. The van der Waals surface area contributed by atoms with Gasteiger partial charge in [0.2, 0.25) is 5.91 Å². The second-order valence-corrected chi connectivity index (χ2v) is 14.0. The number of ether oxygens (including phenoxy) is 1. The van der Waals surface area contributed by atoms with Gasteiger partial charge in [0.1, 0.15) is 17.4 Å². The van der Waals surface area contributed by atoms with Gasteiger partial charge in [0.15, 0.2) is 0 Å². The number of nitrogens with one attached hydrogen (secondary N) is 1. The predicted molar refractivity (Wildman–Crippen MR) is 159 cm³/mol. The minimum atomic E-state index is -4.76. The van der Waals surface area contributed by atoms with Crippen LogP contribution in [-0.4, -0.2) is 60.3 Å². The quantitative estimate of drug-likeness (QED) is 0.358. The second kappa shape index (κ2) is 12.0. The van der Waals surface area contributed by atoms with Crippen LogP contribution in [0.3, 0.4) is 0 Å². The maximum atomic E-state index is 14.9. The molecular weight excluding hydrogens is 579 g/mol. The highest BCUT2D eigenvalue weighted by Gasteiger charge is 2.44. The Hall–Kier alpha value is -3.18. The summed E-state index contributed by atoms with van der Waals surface area (Å²) in [5, 5.41) is 1.91. The van der Waals surface area contributed by atoms with Crippen molar-refractivity contribution in [3.8, 4) is 5.75 Å². The third-order valence-electron chi connectivity index (χ3n) is 8.49. The highest BCUT2D eigenvalue weighted by atomic mass is 19.4. The van der Waals surface area contributed by atoms with Gasteiger partial charge in [-0.1, -0.05) is 26.8 Å². The van der Waals surface area contributed by atoms with Crippen molar-refractivity contribution in [3.63, 3.8) is 0 Å². The van der Waals surface area contributed by atoms with E-state index in [0.29, 0.717) is 50.3 Å². The number of nitrogens with zero attached hydrogens (tertiary/aromatic N) is 3. The van der Waals surface area contributed by atoms with E-state index in [1.807, 2.05) is 23.8 Å². The fraction of sp³-hybridized carbons (Fsp3) is 0.545. The van der Waals surface area contributed by atoms with E-state index >= 15 is 0 Å². The lowest BCUT2D eigenvalue weighted by molar-refractivity contribution is -0.274. The van der Waals surface area contributed by atoms with Crippen molar-refractivity contribution in [1.82, 2.24) is 15.2 Å². The Morgan fingerprint density at radius 2 is 1.66 bits per heavy atom. The van der Waals surface area contributed by atoms with E-state index in [2.05, 4.69) is 41.9 Å². The second-order valence-electron chi connectivity index (χ2n) is 14.0. The first-order chi connectivity index (χ1) is 20.5. The van der Waals surface area contributed by atoms with Crippen molar-refractivity contribution in [2.75, 3.05) is 37.7 Å². The number of likely N-dealkylation sites (tertiary alicyclic amines) is 2. The van der Waals surface area contributed by atoms with E-state index in [9.17, 15) is 26.7 Å². The van der Waals surface area contributed by atoms with Crippen LogP contribution in [0.4, 0.5) is 27.6 Å². The molecule has 2 fully saturated rings. The van der Waals surface area contributed by atoms with E-state index in [-0.39, 0.29) is 34.4 Å². The number of carbonyl (C=O) groups is 1. The van der Waals surface area contributed by atoms with Gasteiger partial charge in [-0.3, -0.25) is 9.80 Å². The van der Waals surface area contributed by atoms with E-state index in [1.54, 1.807) is 12.1 Å². The van der Waals surface area contributed by atoms with Gasteiger partial charge in [0, 0.05) is 56.3 Å². The first-order valence-electron chi connectivity index (χ1n) is 15.1. The van der Waals surface area contributed by atoms with Gasteiger partial charge in [-0.05, 0) is 74.1 Å². The Morgan fingerprint density at radius 1 is 1.00 bits per heavy atom. The minimum Gasteiger partial charge on any atom is -0.406 e. The molecule has 2 aromatic carbocycles. The molecule has 0 aromatic heterocycles. The van der Waals surface area contributed by atoms with Gasteiger partial charge in [0.05, 0.1) is 17.1 Å². The number of anilines is 1. The molecule has 3 aliphatic heterocycles. The lowest BCUT2D eigenvalue weighted by Gasteiger charge is -2.37. The minimum absolute atomic E-state index is 0.00343. The summed E-state index contributed by atoms with van der Waals surface area (Å²) in [4.78, 5) is 18.1. The van der Waals surface area contributed by atoms with Gasteiger partial charge >= 0.3 is 6.36 Å². The number of hydrazine groups is 1. The zero-order valence-corrected chi connectivity index (χ0v) is 25.8. The molecular formula is C33H41F5N4O2. The number of allylic oxidation sites excluding steroid dienone is 1. The molecule has 2 atom stereocenters. The normalized spacial score (nSPS) is 23.3. The van der Waals surface area contributed by atoms with Crippen molar-refractivity contribution in [2.45, 2.75) is 65.3 Å². The van der Waals surface area contributed by atoms with Gasteiger partial charge in [-0.25, -0.2) is 14.2 Å². The third kappa shape index (κ3) is 7.54. The van der Waals surface area contributed by atoms with Crippen LogP contribution in [0.5, 0.6) is 5.75 Å². The van der Waals surface area contributed by atoms with Crippen LogP contribution in [0.25, 0.3) is 0 Å². The molecule has 11 heteroatoms. The molecule has 5 rings (SSSR count). The van der Waals surface area contributed by atoms with Crippen LogP contribution in [0.1, 0.15) is 58.9 Å². The number of rotatable bonds is 6. The number of halogens is 5. The smallest absolute Gasteiger partial charge is 0.406 e. The SMILES string of the molecule is CC(C)(C)CN1C[C@@H](C(=O)N2CCC(C3=CC(C)(C)NN3c3ccc(OC(F)(F)F)cc3)CC2)[C@H](c2ccc(F)cc2F)C1. The molecule has 3 aliphatic rings. The van der Waals surface area contributed by atoms with Gasteiger partial charge in [-0.2, -0.15) is 0 Å². The number of hydrogen-bond acceptors (Lipinski definition) is 5. The van der Waals surface area contributed by atoms with Crippen molar-refractivity contribution in [1.29, 1.82) is 0 Å². The largest absolute Gasteiger partial charge is 0.573 e. The van der Waals surface area contributed by atoms with E-state index in [1.165, 1.54) is 24.3 Å². The van der Waals surface area contributed by atoms with Crippen LogP contribution in [-0.2, 0) is 4.79 Å². The molecule has 240 valence electrons. The molecule has 3 heterocycles. The molecule has 1 amide bonds. The standard InChI is InChI=1S/C33H41F5N4O2/c1-31(2,3)20-40-18-26(25-11-6-22(34)16-28(25)35)27(19-40)30(43)41-14-12-21(13-15-41)29-17-32(4,5)39-42(29)23-7-9-24(10-8-23)44-33(36,37)38/h6-11,16-17,21,26-27,39H,12-15,18-20H2,1-5H3/t26-,27+/m0/s1. The highest BCUT2D eigenvalue weighted by molar-refractivity contribution is 5.81. The summed E-state index contributed by atoms with van der Waals surface area (Å²) in [5.41, 5.74) is 5.12. The van der Waals surface area contributed by atoms with Crippen LogP contribution >= 0.6 is 0 Å². The highest BCUT2D eigenvalue weighted by Crippen LogP contribution is 2.40. The number of carbonyl (C=O) groups excluding carboxylic acids is 1. The number of amides is 1. The van der Waals surface area contributed by atoms with Gasteiger partial charge in [0.25, 0.3) is 0 Å². The zero-order valence-electron chi connectivity index (χ0n) is 25.8. The summed E-state index contributed by atoms with van der Waals surface area (Å²) in [6.07, 6.45) is -1.23. The molecule has 44 heavy (non-hydrogen) atoms. The fourth-order valence-corrected chi connectivity index (χ4v) is 6.81. The molecule has 0 unspecified atom stereocenters. The molecule has 0 spiro atoms. The first-order valence-corrected chi connectivity index (χ1v) is 15.1. The average Bonchev–Trinajstić information content (AvgIpc) is 3.46. The maximum Gasteiger partial charge on any atom is 0.573 e. The Bertz CT molecular complexity index is 1380. The van der Waals surface area contributed by atoms with Gasteiger partial charge in [-0.15, -0.1) is 13.2 Å². The summed E-state index contributed by atoms with van der Waals surface area (Å²) in [6, 6.07) is 9.37. The lowest BCUT2D eigenvalue weighted by atomic mass is 9.86. The molecule has 2 saturated heterocycles. The molecule has 0 saturated carbocycles. The zero-order chi connectivity index (χ0) is 32.0. The third-order valence-corrected chi connectivity index (χ3v) is 8.49.